The van der Waals surface area contributed by atoms with Gasteiger partial charge in [0.1, 0.15) is 5.78 Å². The molecular weight excluding hydrogens is 364 g/mol. The molecule has 0 spiro atoms. The number of nitrogens with zero attached hydrogens (tertiary/aromatic N) is 3. The minimum atomic E-state index is 0.158. The van der Waals surface area contributed by atoms with Crippen LogP contribution >= 0.6 is 0 Å². The van der Waals surface area contributed by atoms with Gasteiger partial charge in [-0.1, -0.05) is 20.8 Å². The van der Waals surface area contributed by atoms with Crippen LogP contribution in [-0.2, 0) is 9.59 Å². The van der Waals surface area contributed by atoms with Crippen molar-refractivity contribution < 1.29 is 9.59 Å². The van der Waals surface area contributed by atoms with Crippen LogP contribution in [0.4, 0.5) is 0 Å². The standard InChI is InChI=1S/C21H38N4O2.C2H6/c1-2-20(26)18-4-6-19(7-5-18)21(27)25-16-14-24(15-17-25)11-3-10-23-12-8-22-9-13-23;1-2/h18-19,22H,2-17H2,1H3;1-2H3. The zero-order chi connectivity index (χ0) is 21.1. The number of nitrogens with one attached hydrogen (secondary N) is 1. The minimum Gasteiger partial charge on any atom is -0.340 e. The first-order chi connectivity index (χ1) is 14.2. The van der Waals surface area contributed by atoms with E-state index in [1.807, 2.05) is 20.8 Å². The van der Waals surface area contributed by atoms with E-state index in [2.05, 4.69) is 20.0 Å². The predicted molar refractivity (Wildman–Crippen MR) is 119 cm³/mol. The number of rotatable bonds is 7. The fourth-order valence-corrected chi connectivity index (χ4v) is 4.85. The smallest absolute Gasteiger partial charge is 0.225 e. The average Bonchev–Trinajstić information content (AvgIpc) is 2.80. The lowest BCUT2D eigenvalue weighted by Gasteiger charge is -2.38. The Morgan fingerprint density at radius 2 is 1.31 bits per heavy atom. The second kappa shape index (κ2) is 13.3. The zero-order valence-corrected chi connectivity index (χ0v) is 19.1. The fraction of sp³-hybridized carbons (Fsp3) is 0.913. The summed E-state index contributed by atoms with van der Waals surface area (Å²) < 4.78 is 0. The van der Waals surface area contributed by atoms with Gasteiger partial charge in [0.05, 0.1) is 0 Å². The summed E-state index contributed by atoms with van der Waals surface area (Å²) in [5.74, 6) is 1.10. The molecule has 1 amide bonds. The molecule has 3 rings (SSSR count). The van der Waals surface area contributed by atoms with Crippen LogP contribution in [0.5, 0.6) is 0 Å². The molecule has 168 valence electrons. The highest BCUT2D eigenvalue weighted by atomic mass is 16.2. The van der Waals surface area contributed by atoms with E-state index in [-0.39, 0.29) is 11.8 Å². The summed E-state index contributed by atoms with van der Waals surface area (Å²) in [7, 11) is 0. The topological polar surface area (TPSA) is 55.9 Å². The number of Topliss-reactive ketones (excluding diaryl/α,β-unsaturated/α-hetero) is 1. The van der Waals surface area contributed by atoms with Crippen LogP contribution < -0.4 is 5.32 Å². The van der Waals surface area contributed by atoms with Crippen LogP contribution in [0, 0.1) is 11.8 Å². The third-order valence-corrected chi connectivity index (χ3v) is 6.72. The summed E-state index contributed by atoms with van der Waals surface area (Å²) in [5.41, 5.74) is 0. The van der Waals surface area contributed by atoms with Gasteiger partial charge < -0.3 is 15.1 Å². The number of ketones is 1. The maximum absolute atomic E-state index is 12.8. The van der Waals surface area contributed by atoms with E-state index in [9.17, 15) is 9.59 Å². The molecule has 2 heterocycles. The van der Waals surface area contributed by atoms with Crippen LogP contribution in [0.25, 0.3) is 0 Å². The van der Waals surface area contributed by atoms with Crippen LogP contribution in [0.15, 0.2) is 0 Å². The third-order valence-electron chi connectivity index (χ3n) is 6.72. The number of amides is 1. The van der Waals surface area contributed by atoms with Crippen molar-refractivity contribution in [1.82, 2.24) is 20.0 Å². The number of carbonyl (C=O) groups is 2. The Morgan fingerprint density at radius 1 is 0.793 bits per heavy atom. The molecule has 1 N–H and O–H groups in total. The molecule has 29 heavy (non-hydrogen) atoms. The molecular formula is C23H44N4O2. The molecule has 0 radical (unpaired) electrons. The molecule has 0 aromatic rings. The van der Waals surface area contributed by atoms with Crippen LogP contribution in [-0.4, -0.2) is 91.8 Å². The van der Waals surface area contributed by atoms with Crippen molar-refractivity contribution in [3.8, 4) is 0 Å². The van der Waals surface area contributed by atoms with Crippen molar-refractivity contribution in [1.29, 1.82) is 0 Å². The van der Waals surface area contributed by atoms with Gasteiger partial charge >= 0.3 is 0 Å². The summed E-state index contributed by atoms with van der Waals surface area (Å²) >= 11 is 0. The lowest BCUT2D eigenvalue weighted by molar-refractivity contribution is -0.139. The molecule has 6 heteroatoms. The number of piperazine rings is 2. The van der Waals surface area contributed by atoms with Gasteiger partial charge in [-0.15, -0.1) is 0 Å². The minimum absolute atomic E-state index is 0.158. The second-order valence-corrected chi connectivity index (χ2v) is 8.48. The lowest BCUT2D eigenvalue weighted by atomic mass is 9.79. The van der Waals surface area contributed by atoms with Crippen molar-refractivity contribution in [2.75, 3.05) is 65.4 Å². The second-order valence-electron chi connectivity index (χ2n) is 8.48. The van der Waals surface area contributed by atoms with Crippen molar-refractivity contribution in [3.63, 3.8) is 0 Å². The first-order valence-electron chi connectivity index (χ1n) is 12.1. The largest absolute Gasteiger partial charge is 0.340 e. The molecule has 0 unspecified atom stereocenters. The Morgan fingerprint density at radius 3 is 1.86 bits per heavy atom. The summed E-state index contributed by atoms with van der Waals surface area (Å²) in [4.78, 5) is 31.8. The van der Waals surface area contributed by atoms with E-state index in [1.165, 1.54) is 26.1 Å². The van der Waals surface area contributed by atoms with E-state index in [1.54, 1.807) is 0 Å². The van der Waals surface area contributed by atoms with Crippen molar-refractivity contribution >= 4 is 11.7 Å². The average molecular weight is 409 g/mol. The lowest BCUT2D eigenvalue weighted by Crippen LogP contribution is -2.51. The van der Waals surface area contributed by atoms with Crippen LogP contribution in [0.3, 0.4) is 0 Å². The molecule has 3 aliphatic rings. The normalized spacial score (nSPS) is 26.5. The Kier molecular flexibility index (Phi) is 11.2. The molecule has 0 bridgehead atoms. The summed E-state index contributed by atoms with van der Waals surface area (Å²) in [6, 6.07) is 0. The van der Waals surface area contributed by atoms with Gasteiger partial charge in [-0.2, -0.15) is 0 Å². The molecule has 2 aliphatic heterocycles. The Balaban J connectivity index is 0.00000145. The van der Waals surface area contributed by atoms with Gasteiger partial charge in [-0.3, -0.25) is 14.5 Å². The van der Waals surface area contributed by atoms with Gasteiger partial charge in [0.15, 0.2) is 0 Å². The maximum atomic E-state index is 12.8. The SMILES string of the molecule is CC.CCC(=O)C1CCC(C(=O)N2CCN(CCCN3CCNCC3)CC2)CC1. The Labute approximate surface area is 178 Å². The molecule has 0 aromatic carbocycles. The highest BCUT2D eigenvalue weighted by molar-refractivity contribution is 5.82. The fourth-order valence-electron chi connectivity index (χ4n) is 4.85. The molecule has 2 saturated heterocycles. The van der Waals surface area contributed by atoms with Gasteiger partial charge in [0, 0.05) is 70.6 Å². The van der Waals surface area contributed by atoms with Gasteiger partial charge in [-0.05, 0) is 45.2 Å². The molecule has 3 fully saturated rings. The quantitative estimate of drug-likeness (QED) is 0.700. The summed E-state index contributed by atoms with van der Waals surface area (Å²) in [6.07, 6.45) is 5.49. The van der Waals surface area contributed by atoms with E-state index < -0.39 is 0 Å². The first kappa shape index (κ1) is 24.3. The number of carbonyl (C=O) groups excluding carboxylic acids is 2. The van der Waals surface area contributed by atoms with E-state index >= 15 is 0 Å². The number of hydrogen-bond acceptors (Lipinski definition) is 5. The van der Waals surface area contributed by atoms with Gasteiger partial charge in [-0.25, -0.2) is 0 Å². The number of hydrogen-bond donors (Lipinski definition) is 1. The van der Waals surface area contributed by atoms with Crippen LogP contribution in [0.2, 0.25) is 0 Å². The highest BCUT2D eigenvalue weighted by Crippen LogP contribution is 2.31. The zero-order valence-electron chi connectivity index (χ0n) is 19.1. The molecule has 0 atom stereocenters. The van der Waals surface area contributed by atoms with E-state index in [0.717, 1.165) is 71.5 Å². The predicted octanol–water partition coefficient (Wildman–Crippen LogP) is 2.24. The summed E-state index contributed by atoms with van der Waals surface area (Å²) in [5, 5.41) is 3.40. The maximum Gasteiger partial charge on any atom is 0.225 e. The van der Waals surface area contributed by atoms with Crippen molar-refractivity contribution in [3.05, 3.63) is 0 Å². The van der Waals surface area contributed by atoms with Gasteiger partial charge in [0.25, 0.3) is 0 Å². The van der Waals surface area contributed by atoms with Crippen molar-refractivity contribution in [2.24, 2.45) is 11.8 Å². The van der Waals surface area contributed by atoms with Crippen molar-refractivity contribution in [2.45, 2.75) is 59.3 Å². The monoisotopic (exact) mass is 408 g/mol. The Hall–Kier alpha value is -0.980. The third kappa shape index (κ3) is 7.65. The highest BCUT2D eigenvalue weighted by Gasteiger charge is 2.32. The first-order valence-corrected chi connectivity index (χ1v) is 12.1. The Bertz CT molecular complexity index is 477. The molecule has 0 aromatic heterocycles. The van der Waals surface area contributed by atoms with Gasteiger partial charge in [0.2, 0.25) is 5.91 Å². The van der Waals surface area contributed by atoms with E-state index in [0.29, 0.717) is 18.1 Å². The summed E-state index contributed by atoms with van der Waals surface area (Å²) in [6.45, 7) is 16.7. The molecule has 6 nitrogen and oxygen atoms in total. The van der Waals surface area contributed by atoms with Crippen LogP contribution in [0.1, 0.15) is 59.3 Å². The molecule has 1 aliphatic carbocycles. The molecule has 1 saturated carbocycles. The van der Waals surface area contributed by atoms with E-state index in [4.69, 9.17) is 0 Å².